The van der Waals surface area contributed by atoms with Gasteiger partial charge in [0, 0.05) is 6.07 Å². The number of nitrogens with zero attached hydrogens (tertiary/aromatic N) is 1. The van der Waals surface area contributed by atoms with Crippen LogP contribution in [0.15, 0.2) is 30.3 Å². The first-order valence-electron chi connectivity index (χ1n) is 10.8. The standard InChI is InChI=1S/C24H20BF9NO3/c1-24(2,3)35(4,5)13-10-16(22(33)23(34)19(13)30)38-25(36-14-8-6-11(26)17(28)20(14)31)37-15-9-7-12(27)18(29)21(15)32/h6-10H,1-5H3/q+1. The van der Waals surface area contributed by atoms with Crippen LogP contribution in [0.5, 0.6) is 17.2 Å². The third-order valence-electron chi connectivity index (χ3n) is 6.04. The lowest BCUT2D eigenvalue weighted by atomic mass is 10.0. The van der Waals surface area contributed by atoms with Crippen LogP contribution in [0.4, 0.5) is 45.2 Å². The number of benzene rings is 3. The first-order chi connectivity index (χ1) is 17.5. The Morgan fingerprint density at radius 3 is 1.37 bits per heavy atom. The highest BCUT2D eigenvalue weighted by Gasteiger charge is 2.41. The van der Waals surface area contributed by atoms with E-state index in [4.69, 9.17) is 14.0 Å². The molecule has 0 radical (unpaired) electrons. The number of halogens is 9. The van der Waals surface area contributed by atoms with E-state index in [9.17, 15) is 39.5 Å². The van der Waals surface area contributed by atoms with Crippen molar-refractivity contribution in [1.29, 1.82) is 0 Å². The van der Waals surface area contributed by atoms with Gasteiger partial charge in [-0.2, -0.15) is 17.6 Å². The number of quaternary nitrogens is 1. The normalized spacial score (nSPS) is 11.9. The van der Waals surface area contributed by atoms with Gasteiger partial charge in [0.1, 0.15) is 11.5 Å². The second-order valence-electron chi connectivity index (χ2n) is 9.45. The molecule has 0 saturated heterocycles. The Bertz CT molecular complexity index is 1320. The summed E-state index contributed by atoms with van der Waals surface area (Å²) in [5.41, 5.74) is -1.21. The topological polar surface area (TPSA) is 27.7 Å². The molecule has 0 saturated carbocycles. The van der Waals surface area contributed by atoms with Gasteiger partial charge in [0.15, 0.2) is 34.7 Å². The largest absolute Gasteiger partial charge is 0.864 e. The van der Waals surface area contributed by atoms with E-state index in [1.54, 1.807) is 20.8 Å². The smallest absolute Gasteiger partial charge is 0.487 e. The lowest BCUT2D eigenvalue weighted by Gasteiger charge is -2.42. The zero-order valence-electron chi connectivity index (χ0n) is 20.5. The summed E-state index contributed by atoms with van der Waals surface area (Å²) in [6, 6.07) is 2.70. The van der Waals surface area contributed by atoms with E-state index in [1.807, 2.05) is 0 Å². The molecule has 0 bridgehead atoms. The van der Waals surface area contributed by atoms with Crippen molar-refractivity contribution in [1.82, 2.24) is 4.48 Å². The molecule has 14 heteroatoms. The van der Waals surface area contributed by atoms with Crippen molar-refractivity contribution in [2.24, 2.45) is 0 Å². The molecule has 0 heterocycles. The molecule has 0 N–H and O–H groups in total. The van der Waals surface area contributed by atoms with E-state index in [0.29, 0.717) is 24.3 Å². The van der Waals surface area contributed by atoms with Crippen molar-refractivity contribution in [2.75, 3.05) is 14.1 Å². The number of hydrogen-bond donors (Lipinski definition) is 0. The van der Waals surface area contributed by atoms with E-state index in [-0.39, 0.29) is 4.48 Å². The Morgan fingerprint density at radius 2 is 0.947 bits per heavy atom. The zero-order chi connectivity index (χ0) is 28.7. The Labute approximate surface area is 211 Å². The summed E-state index contributed by atoms with van der Waals surface area (Å²) >= 11 is 0. The molecule has 0 aliphatic rings. The average molecular weight is 552 g/mol. The van der Waals surface area contributed by atoms with Crippen LogP contribution in [0.3, 0.4) is 0 Å². The summed E-state index contributed by atoms with van der Waals surface area (Å²) in [7, 11) is 0.389. The molecule has 4 nitrogen and oxygen atoms in total. The Morgan fingerprint density at radius 1 is 0.553 bits per heavy atom. The maximum Gasteiger partial charge on any atom is 0.864 e. The average Bonchev–Trinajstić information content (AvgIpc) is 2.84. The number of hydrogen-bond acceptors (Lipinski definition) is 3. The third-order valence-corrected chi connectivity index (χ3v) is 6.04. The molecule has 0 aliphatic carbocycles. The summed E-state index contributed by atoms with van der Waals surface area (Å²) in [6.07, 6.45) is 0. The molecule has 0 spiro atoms. The molecule has 204 valence electrons. The van der Waals surface area contributed by atoms with Crippen LogP contribution in [0.25, 0.3) is 0 Å². The predicted molar refractivity (Wildman–Crippen MR) is 120 cm³/mol. The Hall–Kier alpha value is -3.55. The zero-order valence-corrected chi connectivity index (χ0v) is 20.5. The first-order valence-corrected chi connectivity index (χ1v) is 10.8. The van der Waals surface area contributed by atoms with Gasteiger partial charge in [0.05, 0.1) is 19.6 Å². The second kappa shape index (κ2) is 10.3. The summed E-state index contributed by atoms with van der Waals surface area (Å²) in [5, 5.41) is 0. The van der Waals surface area contributed by atoms with Crippen molar-refractivity contribution in [3.63, 3.8) is 0 Å². The molecule has 0 aromatic heterocycles. The fourth-order valence-corrected chi connectivity index (χ4v) is 3.00. The van der Waals surface area contributed by atoms with E-state index in [2.05, 4.69) is 0 Å². The molecule has 0 fully saturated rings. The van der Waals surface area contributed by atoms with Crippen LogP contribution in [0, 0.1) is 52.4 Å². The van der Waals surface area contributed by atoms with Crippen LogP contribution in [0.2, 0.25) is 0 Å². The fraction of sp³-hybridized carbons (Fsp3) is 0.250. The molecule has 3 rings (SSSR count). The van der Waals surface area contributed by atoms with Gasteiger partial charge in [-0.25, -0.2) is 22.0 Å². The van der Waals surface area contributed by atoms with Crippen molar-refractivity contribution in [3.05, 3.63) is 82.7 Å². The van der Waals surface area contributed by atoms with Crippen molar-refractivity contribution >= 4 is 13.0 Å². The van der Waals surface area contributed by atoms with Gasteiger partial charge in [-0.1, -0.05) is 0 Å². The first kappa shape index (κ1) is 29.0. The lowest BCUT2D eigenvalue weighted by Crippen LogP contribution is -2.56. The molecular weight excluding hydrogens is 532 g/mol. The van der Waals surface area contributed by atoms with E-state index in [1.165, 1.54) is 14.1 Å². The van der Waals surface area contributed by atoms with Crippen LogP contribution < -0.4 is 18.4 Å². The van der Waals surface area contributed by atoms with Gasteiger partial charge in [-0.05, 0) is 45.0 Å². The highest BCUT2D eigenvalue weighted by atomic mass is 19.2. The summed E-state index contributed by atoms with van der Waals surface area (Å²) in [4.78, 5) is 0. The molecular formula is C24H20BF9NO3+. The minimum atomic E-state index is -2.55. The summed E-state index contributed by atoms with van der Waals surface area (Å²) < 4.78 is 141. The maximum absolute atomic E-state index is 14.8. The number of rotatable bonds is 7. The van der Waals surface area contributed by atoms with Gasteiger partial charge in [-0.3, -0.25) is 4.48 Å². The van der Waals surface area contributed by atoms with Gasteiger partial charge < -0.3 is 14.0 Å². The van der Waals surface area contributed by atoms with E-state index >= 15 is 0 Å². The van der Waals surface area contributed by atoms with E-state index in [0.717, 1.165) is 6.07 Å². The highest BCUT2D eigenvalue weighted by Crippen LogP contribution is 2.38. The summed E-state index contributed by atoms with van der Waals surface area (Å²) in [6.45, 7) is 5.00. The second-order valence-corrected chi connectivity index (χ2v) is 9.45. The molecule has 0 aliphatic heterocycles. The van der Waals surface area contributed by atoms with Gasteiger partial charge in [0.2, 0.25) is 29.1 Å². The quantitative estimate of drug-likeness (QED) is 0.139. The minimum Gasteiger partial charge on any atom is -0.487 e. The van der Waals surface area contributed by atoms with Crippen molar-refractivity contribution < 1.29 is 53.5 Å². The molecule has 3 aromatic rings. The van der Waals surface area contributed by atoms with Crippen molar-refractivity contribution in [2.45, 2.75) is 26.3 Å². The van der Waals surface area contributed by atoms with Gasteiger partial charge in [-0.15, -0.1) is 0 Å². The molecule has 0 unspecified atom stereocenters. The molecule has 38 heavy (non-hydrogen) atoms. The molecule has 0 atom stereocenters. The van der Waals surface area contributed by atoms with Gasteiger partial charge >= 0.3 is 7.32 Å². The highest BCUT2D eigenvalue weighted by molar-refractivity contribution is 6.39. The molecule has 0 amide bonds. The SMILES string of the molecule is CC(C)(C)[N+](C)(C)c1cc(OB(Oc2ccc(F)c(F)c2F)Oc2ccc(F)c(F)c2F)c(F)c(F)c1F. The van der Waals surface area contributed by atoms with Crippen LogP contribution in [-0.4, -0.2) is 27.0 Å². The third kappa shape index (κ3) is 5.35. The lowest BCUT2D eigenvalue weighted by molar-refractivity contribution is 0.209. The van der Waals surface area contributed by atoms with E-state index < -0.39 is 88.2 Å². The Balaban J connectivity index is 2.13. The minimum absolute atomic E-state index is 0.367. The molecule has 3 aromatic carbocycles. The van der Waals surface area contributed by atoms with Crippen LogP contribution in [0.1, 0.15) is 20.8 Å². The Kier molecular flexibility index (Phi) is 7.88. The monoisotopic (exact) mass is 552 g/mol. The maximum atomic E-state index is 14.8. The van der Waals surface area contributed by atoms with Crippen LogP contribution >= 0.6 is 0 Å². The van der Waals surface area contributed by atoms with Crippen LogP contribution in [-0.2, 0) is 0 Å². The fourth-order valence-electron chi connectivity index (χ4n) is 3.00. The predicted octanol–water partition coefficient (Wildman–Crippen LogP) is 6.83. The van der Waals surface area contributed by atoms with Gasteiger partial charge in [0.25, 0.3) is 0 Å². The van der Waals surface area contributed by atoms with Crippen molar-refractivity contribution in [3.8, 4) is 17.2 Å². The summed E-state index contributed by atoms with van der Waals surface area (Å²) in [5.74, 6) is -19.8.